The van der Waals surface area contributed by atoms with E-state index >= 15 is 0 Å². The van der Waals surface area contributed by atoms with Crippen molar-refractivity contribution in [3.63, 3.8) is 0 Å². The van der Waals surface area contributed by atoms with Crippen LogP contribution in [0.2, 0.25) is 5.02 Å². The maximum Gasteiger partial charge on any atom is 0.264 e. The van der Waals surface area contributed by atoms with Crippen molar-refractivity contribution >= 4 is 43.2 Å². The minimum Gasteiger partial charge on any atom is -0.280 e. The fourth-order valence-electron chi connectivity index (χ4n) is 1.61. The Bertz CT molecular complexity index is 765. The summed E-state index contributed by atoms with van der Waals surface area (Å²) in [7, 11) is -3.98. The van der Waals surface area contributed by atoms with E-state index in [1.54, 1.807) is 19.1 Å². The first kappa shape index (κ1) is 15.3. The third-order valence-corrected chi connectivity index (χ3v) is 4.93. The molecule has 0 aliphatic heterocycles. The van der Waals surface area contributed by atoms with Crippen molar-refractivity contribution in [2.24, 2.45) is 0 Å². The predicted molar refractivity (Wildman–Crippen MR) is 81.1 cm³/mol. The van der Waals surface area contributed by atoms with Crippen LogP contribution in [0.3, 0.4) is 0 Å². The van der Waals surface area contributed by atoms with Crippen LogP contribution in [0.1, 0.15) is 5.56 Å². The van der Waals surface area contributed by atoms with Gasteiger partial charge < -0.3 is 0 Å². The van der Waals surface area contributed by atoms with Crippen molar-refractivity contribution in [3.8, 4) is 0 Å². The number of hydrogen-bond acceptors (Lipinski definition) is 2. The highest BCUT2D eigenvalue weighted by molar-refractivity contribution is 9.10. The van der Waals surface area contributed by atoms with Crippen molar-refractivity contribution in [1.29, 1.82) is 0 Å². The molecule has 0 fully saturated rings. The Hall–Kier alpha value is -1.11. The number of sulfonamides is 1. The quantitative estimate of drug-likeness (QED) is 0.863. The number of benzene rings is 2. The molecule has 0 heterocycles. The van der Waals surface area contributed by atoms with E-state index in [2.05, 4.69) is 20.7 Å². The molecule has 20 heavy (non-hydrogen) atoms. The molecule has 106 valence electrons. The van der Waals surface area contributed by atoms with Gasteiger partial charge in [0.1, 0.15) is 10.7 Å². The monoisotopic (exact) mass is 377 g/mol. The molecule has 7 heteroatoms. The number of hydrogen-bond donors (Lipinski definition) is 1. The first-order valence-electron chi connectivity index (χ1n) is 5.53. The Morgan fingerprint density at radius 2 is 1.90 bits per heavy atom. The van der Waals surface area contributed by atoms with Gasteiger partial charge in [0, 0.05) is 15.2 Å². The van der Waals surface area contributed by atoms with Crippen LogP contribution >= 0.6 is 27.5 Å². The zero-order valence-electron chi connectivity index (χ0n) is 10.3. The smallest absolute Gasteiger partial charge is 0.264 e. The van der Waals surface area contributed by atoms with Crippen LogP contribution in [0.4, 0.5) is 10.1 Å². The molecule has 0 saturated heterocycles. The van der Waals surface area contributed by atoms with Crippen molar-refractivity contribution in [2.45, 2.75) is 11.8 Å². The summed E-state index contributed by atoms with van der Waals surface area (Å²) in [5.74, 6) is -0.822. The second-order valence-corrected chi connectivity index (χ2v) is 7.12. The van der Waals surface area contributed by atoms with Gasteiger partial charge in [-0.2, -0.15) is 0 Å². The Labute approximate surface area is 130 Å². The summed E-state index contributed by atoms with van der Waals surface area (Å²) in [6.07, 6.45) is 0. The first-order chi connectivity index (χ1) is 9.29. The highest BCUT2D eigenvalue weighted by atomic mass is 79.9. The van der Waals surface area contributed by atoms with E-state index in [4.69, 9.17) is 11.6 Å². The SMILES string of the molecule is Cc1cc(NS(=O)(=O)c2ccc(Br)cc2F)ccc1Cl. The number of aryl methyl sites for hydroxylation is 1. The molecule has 1 N–H and O–H groups in total. The van der Waals surface area contributed by atoms with Crippen molar-refractivity contribution in [2.75, 3.05) is 4.72 Å². The van der Waals surface area contributed by atoms with E-state index in [1.165, 1.54) is 18.2 Å². The lowest BCUT2D eigenvalue weighted by atomic mass is 10.2. The van der Waals surface area contributed by atoms with Crippen LogP contribution in [0.25, 0.3) is 0 Å². The van der Waals surface area contributed by atoms with Gasteiger partial charge in [-0.1, -0.05) is 27.5 Å². The zero-order chi connectivity index (χ0) is 14.9. The Kier molecular flexibility index (Phi) is 4.36. The van der Waals surface area contributed by atoms with E-state index in [0.717, 1.165) is 11.6 Å². The van der Waals surface area contributed by atoms with E-state index < -0.39 is 20.7 Å². The molecule has 0 amide bonds. The minimum atomic E-state index is -3.98. The molecule has 0 aliphatic rings. The second kappa shape index (κ2) is 5.71. The molecule has 0 aromatic heterocycles. The van der Waals surface area contributed by atoms with Crippen molar-refractivity contribution < 1.29 is 12.8 Å². The molecule has 0 spiro atoms. The molecule has 3 nitrogen and oxygen atoms in total. The van der Waals surface area contributed by atoms with Crippen LogP contribution in [-0.4, -0.2) is 8.42 Å². The molecular weight excluding hydrogens is 369 g/mol. The molecule has 2 aromatic rings. The summed E-state index contributed by atoms with van der Waals surface area (Å²) in [6, 6.07) is 8.43. The average Bonchev–Trinajstić information content (AvgIpc) is 2.33. The molecule has 0 atom stereocenters. The first-order valence-corrected chi connectivity index (χ1v) is 8.19. The maximum absolute atomic E-state index is 13.7. The van der Waals surface area contributed by atoms with Crippen LogP contribution in [0, 0.1) is 12.7 Å². The fraction of sp³-hybridized carbons (Fsp3) is 0.0769. The van der Waals surface area contributed by atoms with Gasteiger partial charge in [0.25, 0.3) is 10.0 Å². The van der Waals surface area contributed by atoms with Crippen LogP contribution in [0.15, 0.2) is 45.8 Å². The number of nitrogens with one attached hydrogen (secondary N) is 1. The number of halogens is 3. The third-order valence-electron chi connectivity index (χ3n) is 2.59. The number of rotatable bonds is 3. The molecule has 0 radical (unpaired) electrons. The summed E-state index contributed by atoms with van der Waals surface area (Å²) in [5.41, 5.74) is 1.05. The van der Waals surface area contributed by atoms with Crippen LogP contribution < -0.4 is 4.72 Å². The summed E-state index contributed by atoms with van der Waals surface area (Å²) < 4.78 is 40.8. The Morgan fingerprint density at radius 1 is 1.20 bits per heavy atom. The third kappa shape index (κ3) is 3.31. The fourth-order valence-corrected chi connectivity index (χ4v) is 3.17. The highest BCUT2D eigenvalue weighted by Gasteiger charge is 2.19. The predicted octanol–water partition coefficient (Wildman–Crippen LogP) is 4.35. The van der Waals surface area contributed by atoms with Gasteiger partial charge in [-0.05, 0) is 48.9 Å². The molecular formula is C13H10BrClFNO2S. The standard InChI is InChI=1S/C13H10BrClFNO2S/c1-8-6-10(3-4-11(8)15)17-20(18,19)13-5-2-9(14)7-12(13)16/h2-7,17H,1H3. The van der Waals surface area contributed by atoms with Gasteiger partial charge in [0.05, 0.1) is 0 Å². The summed E-state index contributed by atoms with van der Waals surface area (Å²) in [4.78, 5) is -0.409. The van der Waals surface area contributed by atoms with E-state index in [0.29, 0.717) is 15.2 Å². The number of anilines is 1. The lowest BCUT2D eigenvalue weighted by Crippen LogP contribution is -2.14. The van der Waals surface area contributed by atoms with Gasteiger partial charge in [-0.25, -0.2) is 12.8 Å². The molecule has 0 bridgehead atoms. The molecule has 0 saturated carbocycles. The topological polar surface area (TPSA) is 46.2 Å². The highest BCUT2D eigenvalue weighted by Crippen LogP contribution is 2.24. The van der Waals surface area contributed by atoms with Crippen molar-refractivity contribution in [3.05, 3.63) is 57.3 Å². The average molecular weight is 379 g/mol. The molecule has 0 aliphatic carbocycles. The van der Waals surface area contributed by atoms with Crippen molar-refractivity contribution in [1.82, 2.24) is 0 Å². The largest absolute Gasteiger partial charge is 0.280 e. The van der Waals surface area contributed by atoms with Gasteiger partial charge >= 0.3 is 0 Å². The van der Waals surface area contributed by atoms with Crippen LogP contribution in [0.5, 0.6) is 0 Å². The van der Waals surface area contributed by atoms with E-state index in [9.17, 15) is 12.8 Å². The molecule has 2 aromatic carbocycles. The molecule has 0 unspecified atom stereocenters. The maximum atomic E-state index is 13.7. The van der Waals surface area contributed by atoms with Gasteiger partial charge in [-0.15, -0.1) is 0 Å². The van der Waals surface area contributed by atoms with Gasteiger partial charge in [0.15, 0.2) is 0 Å². The molecule has 2 rings (SSSR count). The minimum absolute atomic E-state index is 0.328. The van der Waals surface area contributed by atoms with Gasteiger partial charge in [0.2, 0.25) is 0 Å². The lowest BCUT2D eigenvalue weighted by molar-refractivity contribution is 0.570. The zero-order valence-corrected chi connectivity index (χ0v) is 13.5. The second-order valence-electron chi connectivity index (χ2n) is 4.14. The normalized spacial score (nSPS) is 11.4. The van der Waals surface area contributed by atoms with Crippen LogP contribution in [-0.2, 0) is 10.0 Å². The summed E-state index contributed by atoms with van der Waals surface area (Å²) >= 11 is 8.95. The summed E-state index contributed by atoms with van der Waals surface area (Å²) in [5, 5.41) is 0.530. The lowest BCUT2D eigenvalue weighted by Gasteiger charge is -2.10. The van der Waals surface area contributed by atoms with Gasteiger partial charge in [-0.3, -0.25) is 4.72 Å². The van der Waals surface area contributed by atoms with E-state index in [-0.39, 0.29) is 0 Å². The summed E-state index contributed by atoms with van der Waals surface area (Å²) in [6.45, 7) is 1.75. The Balaban J connectivity index is 2.38. The Morgan fingerprint density at radius 3 is 2.50 bits per heavy atom. The van der Waals surface area contributed by atoms with E-state index in [1.807, 2.05) is 0 Å².